The van der Waals surface area contributed by atoms with Crippen molar-refractivity contribution in [3.05, 3.63) is 35.4 Å². The third-order valence-electron chi connectivity index (χ3n) is 2.74. The van der Waals surface area contributed by atoms with E-state index in [0.717, 1.165) is 24.6 Å². The number of hydrogen-bond donors (Lipinski definition) is 1. The van der Waals surface area contributed by atoms with Crippen molar-refractivity contribution in [2.24, 2.45) is 0 Å². The fourth-order valence-corrected chi connectivity index (χ4v) is 1.64. The Morgan fingerprint density at radius 1 is 1.20 bits per heavy atom. The van der Waals surface area contributed by atoms with Crippen LogP contribution in [-0.4, -0.2) is 25.5 Å². The van der Waals surface area contributed by atoms with Gasteiger partial charge < -0.3 is 10.1 Å². The summed E-state index contributed by atoms with van der Waals surface area (Å²) < 4.78 is 30.7. The first-order valence-electron chi connectivity index (χ1n) is 6.34. The predicted molar refractivity (Wildman–Crippen MR) is 69.2 cm³/mol. The Balaban J connectivity index is 2.27. The molecule has 110 valence electrons. The van der Waals surface area contributed by atoms with Crippen LogP contribution in [0.1, 0.15) is 36.0 Å². The molecule has 0 aliphatic heterocycles. The minimum atomic E-state index is -0.755. The van der Waals surface area contributed by atoms with Gasteiger partial charge in [-0.3, -0.25) is 9.59 Å². The maximum atomic E-state index is 13.3. The van der Waals surface area contributed by atoms with Gasteiger partial charge in [-0.15, -0.1) is 0 Å². The van der Waals surface area contributed by atoms with Gasteiger partial charge in [0.15, 0.2) is 0 Å². The van der Waals surface area contributed by atoms with Crippen molar-refractivity contribution in [3.8, 4) is 0 Å². The highest BCUT2D eigenvalue weighted by Crippen LogP contribution is 2.09. The molecule has 0 spiro atoms. The number of methoxy groups -OCH3 is 1. The van der Waals surface area contributed by atoms with Crippen molar-refractivity contribution in [1.82, 2.24) is 5.32 Å². The normalized spacial score (nSPS) is 10.2. The van der Waals surface area contributed by atoms with Gasteiger partial charge in [0.2, 0.25) is 0 Å². The van der Waals surface area contributed by atoms with Gasteiger partial charge in [-0.05, 0) is 31.0 Å². The summed E-state index contributed by atoms with van der Waals surface area (Å²) in [7, 11) is 1.33. The first-order chi connectivity index (χ1) is 9.54. The van der Waals surface area contributed by atoms with E-state index in [-0.39, 0.29) is 11.5 Å². The standard InChI is InChI=1S/C14H17F2NO3/c1-20-13(18)5-3-2-4-8-17-14(19)11-9-10(15)6-7-12(11)16/h6-7,9H,2-5,8H2,1H3,(H,17,19). The molecule has 0 saturated heterocycles. The number of unbranched alkanes of at least 4 members (excludes halogenated alkanes) is 2. The smallest absolute Gasteiger partial charge is 0.305 e. The number of halogens is 2. The van der Waals surface area contributed by atoms with Crippen molar-refractivity contribution < 1.29 is 23.1 Å². The third kappa shape index (κ3) is 5.34. The molecule has 1 rings (SSSR count). The van der Waals surface area contributed by atoms with Gasteiger partial charge in [0.1, 0.15) is 11.6 Å². The second-order valence-corrected chi connectivity index (χ2v) is 4.27. The van der Waals surface area contributed by atoms with Crippen LogP contribution in [0.15, 0.2) is 18.2 Å². The molecule has 1 aromatic carbocycles. The average molecular weight is 285 g/mol. The van der Waals surface area contributed by atoms with Gasteiger partial charge in [0.25, 0.3) is 5.91 Å². The van der Waals surface area contributed by atoms with E-state index in [1.165, 1.54) is 7.11 Å². The second-order valence-electron chi connectivity index (χ2n) is 4.27. The highest BCUT2D eigenvalue weighted by atomic mass is 19.1. The zero-order valence-electron chi connectivity index (χ0n) is 11.2. The predicted octanol–water partition coefficient (Wildman–Crippen LogP) is 2.43. The quantitative estimate of drug-likeness (QED) is 0.618. The molecule has 6 heteroatoms. The lowest BCUT2D eigenvalue weighted by Crippen LogP contribution is -2.25. The number of carbonyl (C=O) groups excluding carboxylic acids is 2. The van der Waals surface area contributed by atoms with E-state index in [4.69, 9.17) is 0 Å². The Morgan fingerprint density at radius 3 is 2.65 bits per heavy atom. The molecule has 0 bridgehead atoms. The second kappa shape index (κ2) is 8.24. The van der Waals surface area contributed by atoms with Crippen LogP contribution in [0.2, 0.25) is 0 Å². The van der Waals surface area contributed by atoms with Crippen molar-refractivity contribution in [1.29, 1.82) is 0 Å². The highest BCUT2D eigenvalue weighted by Gasteiger charge is 2.11. The van der Waals surface area contributed by atoms with E-state index in [0.29, 0.717) is 25.8 Å². The van der Waals surface area contributed by atoms with Crippen LogP contribution >= 0.6 is 0 Å². The molecule has 4 nitrogen and oxygen atoms in total. The molecular weight excluding hydrogens is 268 g/mol. The molecule has 20 heavy (non-hydrogen) atoms. The van der Waals surface area contributed by atoms with Gasteiger partial charge in [0, 0.05) is 13.0 Å². The van der Waals surface area contributed by atoms with E-state index < -0.39 is 17.5 Å². The minimum absolute atomic E-state index is 0.268. The molecule has 0 aliphatic rings. The van der Waals surface area contributed by atoms with Crippen LogP contribution in [0, 0.1) is 11.6 Å². The number of hydrogen-bond acceptors (Lipinski definition) is 3. The number of rotatable bonds is 7. The maximum Gasteiger partial charge on any atom is 0.305 e. The Hall–Kier alpha value is -1.98. The summed E-state index contributed by atoms with van der Waals surface area (Å²) in [6.07, 6.45) is 2.39. The SMILES string of the molecule is COC(=O)CCCCCNC(=O)c1cc(F)ccc1F. The lowest BCUT2D eigenvalue weighted by molar-refractivity contribution is -0.140. The topological polar surface area (TPSA) is 55.4 Å². The molecule has 0 atom stereocenters. The van der Waals surface area contributed by atoms with Gasteiger partial charge in [-0.2, -0.15) is 0 Å². The number of ether oxygens (including phenoxy) is 1. The number of carbonyl (C=O) groups is 2. The molecule has 0 heterocycles. The summed E-state index contributed by atoms with van der Waals surface area (Å²) >= 11 is 0. The molecule has 0 fully saturated rings. The lowest BCUT2D eigenvalue weighted by atomic mass is 10.1. The maximum absolute atomic E-state index is 13.3. The van der Waals surface area contributed by atoms with E-state index in [2.05, 4.69) is 10.1 Å². The van der Waals surface area contributed by atoms with E-state index in [1.54, 1.807) is 0 Å². The Bertz CT molecular complexity index is 477. The summed E-state index contributed by atoms with van der Waals surface area (Å²) in [4.78, 5) is 22.5. The fraction of sp³-hybridized carbons (Fsp3) is 0.429. The molecule has 0 saturated carbocycles. The zero-order valence-corrected chi connectivity index (χ0v) is 11.2. The summed E-state index contributed by atoms with van der Waals surface area (Å²) in [6, 6.07) is 2.74. The lowest BCUT2D eigenvalue weighted by Gasteiger charge is -2.06. The van der Waals surface area contributed by atoms with Crippen molar-refractivity contribution in [3.63, 3.8) is 0 Å². The van der Waals surface area contributed by atoms with Crippen molar-refractivity contribution in [2.75, 3.05) is 13.7 Å². The number of esters is 1. The average Bonchev–Trinajstić information content (AvgIpc) is 2.44. The minimum Gasteiger partial charge on any atom is -0.469 e. The number of benzene rings is 1. The Labute approximate surface area is 116 Å². The monoisotopic (exact) mass is 285 g/mol. The molecular formula is C14H17F2NO3. The van der Waals surface area contributed by atoms with E-state index in [9.17, 15) is 18.4 Å². The van der Waals surface area contributed by atoms with Crippen LogP contribution in [-0.2, 0) is 9.53 Å². The van der Waals surface area contributed by atoms with E-state index in [1.807, 2.05) is 0 Å². The largest absolute Gasteiger partial charge is 0.469 e. The molecule has 1 amide bonds. The third-order valence-corrected chi connectivity index (χ3v) is 2.74. The Kier molecular flexibility index (Phi) is 6.63. The fourth-order valence-electron chi connectivity index (χ4n) is 1.64. The number of amides is 1. The first-order valence-corrected chi connectivity index (χ1v) is 6.34. The highest BCUT2D eigenvalue weighted by molar-refractivity contribution is 5.94. The molecule has 0 aliphatic carbocycles. The van der Waals surface area contributed by atoms with Crippen LogP contribution in [0.25, 0.3) is 0 Å². The van der Waals surface area contributed by atoms with Crippen LogP contribution in [0.5, 0.6) is 0 Å². The summed E-state index contributed by atoms with van der Waals surface area (Å²) in [5.41, 5.74) is -0.306. The summed E-state index contributed by atoms with van der Waals surface area (Å²) in [5, 5.41) is 2.51. The van der Waals surface area contributed by atoms with E-state index >= 15 is 0 Å². The zero-order chi connectivity index (χ0) is 15.0. The molecule has 1 aromatic rings. The van der Waals surface area contributed by atoms with Gasteiger partial charge in [0.05, 0.1) is 12.7 Å². The molecule has 0 aromatic heterocycles. The van der Waals surface area contributed by atoms with Gasteiger partial charge in [-0.25, -0.2) is 8.78 Å². The van der Waals surface area contributed by atoms with Crippen LogP contribution in [0.4, 0.5) is 8.78 Å². The molecule has 0 radical (unpaired) electrons. The first kappa shape index (κ1) is 16.1. The summed E-state index contributed by atoms with van der Waals surface area (Å²) in [5.74, 6) is -2.32. The van der Waals surface area contributed by atoms with Crippen molar-refractivity contribution >= 4 is 11.9 Å². The molecule has 1 N–H and O–H groups in total. The van der Waals surface area contributed by atoms with Gasteiger partial charge >= 0.3 is 5.97 Å². The summed E-state index contributed by atoms with van der Waals surface area (Å²) in [6.45, 7) is 0.343. The van der Waals surface area contributed by atoms with Gasteiger partial charge in [-0.1, -0.05) is 6.42 Å². The van der Waals surface area contributed by atoms with Crippen LogP contribution in [0.3, 0.4) is 0 Å². The van der Waals surface area contributed by atoms with Crippen molar-refractivity contribution in [2.45, 2.75) is 25.7 Å². The van der Waals surface area contributed by atoms with Crippen LogP contribution < -0.4 is 5.32 Å². The Morgan fingerprint density at radius 2 is 1.95 bits per heavy atom. The number of nitrogens with one attached hydrogen (secondary N) is 1. The molecule has 0 unspecified atom stereocenters.